The van der Waals surface area contributed by atoms with E-state index in [0.29, 0.717) is 0 Å². The summed E-state index contributed by atoms with van der Waals surface area (Å²) in [6.45, 7) is 5.14. The lowest BCUT2D eigenvalue weighted by Crippen LogP contribution is -3.00. The van der Waals surface area contributed by atoms with Crippen LogP contribution in [0.15, 0.2) is 12.7 Å². The van der Waals surface area contributed by atoms with Crippen LogP contribution in [0.2, 0.25) is 0 Å². The van der Waals surface area contributed by atoms with Crippen molar-refractivity contribution in [3.63, 3.8) is 0 Å². The highest BCUT2D eigenvalue weighted by atomic mass is 35.5. The number of carbonyl (C=O) groups excluding carboxylic acids is 1. The van der Waals surface area contributed by atoms with Gasteiger partial charge in [-0.15, -0.1) is 0 Å². The molecular weight excluding hydrogens is 218 g/mol. The Kier molecular flexibility index (Phi) is 13.1. The van der Waals surface area contributed by atoms with Crippen molar-refractivity contribution in [2.45, 2.75) is 19.6 Å². The molecule has 5 nitrogen and oxygen atoms in total. The summed E-state index contributed by atoms with van der Waals surface area (Å²) in [5.74, 6) is 4.57. The van der Waals surface area contributed by atoms with Crippen LogP contribution in [0.4, 0.5) is 0 Å². The average molecular weight is 240 g/mol. The molecule has 0 aliphatic rings. The van der Waals surface area contributed by atoms with Crippen molar-refractivity contribution < 1.29 is 26.5 Å². The minimum Gasteiger partial charge on any atom is -1.00 e. The predicted molar refractivity (Wildman–Crippen MR) is 56.8 cm³/mol. The normalized spacial score (nSPS) is 11.5. The molecule has 92 valence electrons. The molecule has 6 heteroatoms. The van der Waals surface area contributed by atoms with Gasteiger partial charge in [0.05, 0.1) is 21.1 Å². The quantitative estimate of drug-likeness (QED) is 0.237. The van der Waals surface area contributed by atoms with E-state index in [1.54, 1.807) is 0 Å². The first-order valence-electron chi connectivity index (χ1n) is 4.38. The lowest BCUT2D eigenvalue weighted by atomic mass is 10.3. The Morgan fingerprint density at radius 1 is 1.53 bits per heavy atom. The fourth-order valence-electron chi connectivity index (χ4n) is 0.827. The van der Waals surface area contributed by atoms with Gasteiger partial charge in [-0.3, -0.25) is 4.79 Å². The van der Waals surface area contributed by atoms with E-state index < -0.39 is 5.91 Å². The fraction of sp³-hybridized carbons (Fsp3) is 0.667. The van der Waals surface area contributed by atoms with E-state index in [-0.39, 0.29) is 18.6 Å². The summed E-state index contributed by atoms with van der Waals surface area (Å²) in [7, 11) is 6.17. The summed E-state index contributed by atoms with van der Waals surface area (Å²) < 4.78 is 0.757. The highest BCUT2D eigenvalue weighted by Crippen LogP contribution is 2.05. The maximum Gasteiger partial charge on any atom is 0.240 e. The highest BCUT2D eigenvalue weighted by Gasteiger charge is 2.20. The minimum absolute atomic E-state index is 0. The summed E-state index contributed by atoms with van der Waals surface area (Å²) in [6, 6.07) is 0. The zero-order valence-electron chi connectivity index (χ0n) is 9.87. The number of primary amides is 1. The summed E-state index contributed by atoms with van der Waals surface area (Å²) in [6.07, 6.45) is 2.12. The maximum atomic E-state index is 9.47. The van der Waals surface area contributed by atoms with Gasteiger partial charge in [0.2, 0.25) is 12.1 Å². The van der Waals surface area contributed by atoms with Crippen LogP contribution < -0.4 is 24.0 Å². The molecule has 1 amide bonds. The van der Waals surface area contributed by atoms with Crippen LogP contribution in [0.5, 0.6) is 0 Å². The van der Waals surface area contributed by atoms with Gasteiger partial charge in [0.1, 0.15) is 0 Å². The Hall–Kier alpha value is -0.620. The van der Waals surface area contributed by atoms with Crippen molar-refractivity contribution in [1.29, 1.82) is 0 Å². The molecule has 0 saturated heterocycles. The second-order valence-corrected chi connectivity index (χ2v) is 3.72. The first-order chi connectivity index (χ1) is 6.29. The van der Waals surface area contributed by atoms with Crippen molar-refractivity contribution in [3.05, 3.63) is 12.7 Å². The fourth-order valence-corrected chi connectivity index (χ4v) is 0.827. The molecule has 0 rings (SSSR count). The van der Waals surface area contributed by atoms with Gasteiger partial charge in [0.15, 0.2) is 0 Å². The number of nitrogens with two attached hydrogens (primary N) is 2. The van der Waals surface area contributed by atoms with Crippen molar-refractivity contribution in [3.8, 4) is 0 Å². The topological polar surface area (TPSA) is 78.3 Å². The minimum atomic E-state index is -0.481. The Bertz CT molecular complexity index is 177. The van der Waals surface area contributed by atoms with Gasteiger partial charge >= 0.3 is 0 Å². The van der Waals surface area contributed by atoms with Gasteiger partial charge in [-0.1, -0.05) is 13.5 Å². The van der Waals surface area contributed by atoms with Gasteiger partial charge < -0.3 is 22.6 Å². The lowest BCUT2D eigenvalue weighted by molar-refractivity contribution is -0.920. The molecule has 0 bridgehead atoms. The summed E-state index contributed by atoms with van der Waals surface area (Å²) in [5.41, 5.74) is 4.53. The largest absolute Gasteiger partial charge is 1.00 e. The summed E-state index contributed by atoms with van der Waals surface area (Å²) in [5, 5.41) is 0. The number of amides is 1. The SMILES string of the molecule is C=CC(N)=O.CCC(ON)[N+](C)(C)C.[Cl-]. The lowest BCUT2D eigenvalue weighted by Gasteiger charge is -2.30. The van der Waals surface area contributed by atoms with Crippen LogP contribution >= 0.6 is 0 Å². The molecule has 0 heterocycles. The van der Waals surface area contributed by atoms with Crippen LogP contribution in [0, 0.1) is 0 Å². The van der Waals surface area contributed by atoms with E-state index in [1.807, 2.05) is 0 Å². The van der Waals surface area contributed by atoms with Crippen molar-refractivity contribution >= 4 is 5.91 Å². The molecule has 1 atom stereocenters. The monoisotopic (exact) mass is 239 g/mol. The third-order valence-corrected chi connectivity index (χ3v) is 1.57. The molecule has 0 aromatic carbocycles. The van der Waals surface area contributed by atoms with Crippen LogP contribution in [-0.2, 0) is 9.63 Å². The smallest absolute Gasteiger partial charge is 0.240 e. The summed E-state index contributed by atoms with van der Waals surface area (Å²) >= 11 is 0. The summed E-state index contributed by atoms with van der Waals surface area (Å²) in [4.78, 5) is 14.2. The van der Waals surface area contributed by atoms with Gasteiger partial charge in [-0.05, 0) is 6.08 Å². The van der Waals surface area contributed by atoms with E-state index >= 15 is 0 Å². The van der Waals surface area contributed by atoms with Crippen molar-refractivity contribution in [2.75, 3.05) is 21.1 Å². The number of nitrogens with zero attached hydrogens (tertiary/aromatic N) is 1. The van der Waals surface area contributed by atoms with Crippen LogP contribution in [0.3, 0.4) is 0 Å². The van der Waals surface area contributed by atoms with E-state index in [0.717, 1.165) is 17.0 Å². The van der Waals surface area contributed by atoms with Crippen LogP contribution in [0.1, 0.15) is 13.3 Å². The number of quaternary nitrogens is 1. The molecule has 0 aliphatic carbocycles. The standard InChI is InChI=1S/C6H17N2O.C3H5NO.ClH/c1-5-6(9-7)8(2,3)4;1-2-3(4)5;/h6H,5,7H2,1-4H3;2H,1H2,(H2,4,5);1H/q+1;;/p-1. The molecule has 0 aromatic heterocycles. The number of carbonyl (C=O) groups is 1. The number of hydrogen-bond donors (Lipinski definition) is 2. The molecule has 0 spiro atoms. The Morgan fingerprint density at radius 2 is 1.87 bits per heavy atom. The predicted octanol–water partition coefficient (Wildman–Crippen LogP) is -3.02. The molecule has 0 saturated carbocycles. The molecule has 0 radical (unpaired) electrons. The Labute approximate surface area is 98.0 Å². The Morgan fingerprint density at radius 3 is 1.87 bits per heavy atom. The van der Waals surface area contributed by atoms with E-state index in [1.165, 1.54) is 0 Å². The second kappa shape index (κ2) is 9.92. The molecular formula is C9H22ClN3O2. The third-order valence-electron chi connectivity index (χ3n) is 1.57. The third kappa shape index (κ3) is 13.4. The molecule has 1 unspecified atom stereocenters. The second-order valence-electron chi connectivity index (χ2n) is 3.72. The number of hydrogen-bond acceptors (Lipinski definition) is 3. The van der Waals surface area contributed by atoms with Crippen LogP contribution in [-0.4, -0.2) is 37.8 Å². The van der Waals surface area contributed by atoms with Crippen LogP contribution in [0.25, 0.3) is 0 Å². The van der Waals surface area contributed by atoms with Crippen molar-refractivity contribution in [1.82, 2.24) is 0 Å². The first kappa shape index (κ1) is 19.9. The molecule has 0 aliphatic heterocycles. The first-order valence-corrected chi connectivity index (χ1v) is 4.38. The molecule has 0 fully saturated rings. The molecule has 0 aromatic rings. The Balaban J connectivity index is -0.000000208. The zero-order chi connectivity index (χ0) is 11.8. The van der Waals surface area contributed by atoms with E-state index in [4.69, 9.17) is 10.7 Å². The van der Waals surface area contributed by atoms with Gasteiger partial charge in [0, 0.05) is 6.42 Å². The van der Waals surface area contributed by atoms with Gasteiger partial charge in [-0.2, -0.15) is 0 Å². The number of halogens is 1. The van der Waals surface area contributed by atoms with E-state index in [2.05, 4.69) is 40.4 Å². The van der Waals surface area contributed by atoms with Gasteiger partial charge in [0.25, 0.3) is 0 Å². The maximum absolute atomic E-state index is 9.47. The molecule has 4 N–H and O–H groups in total. The average Bonchev–Trinajstić information content (AvgIpc) is 2.05. The van der Waals surface area contributed by atoms with E-state index in [9.17, 15) is 4.79 Å². The highest BCUT2D eigenvalue weighted by molar-refractivity contribution is 5.84. The zero-order valence-corrected chi connectivity index (χ0v) is 10.6. The van der Waals surface area contributed by atoms with Gasteiger partial charge in [-0.25, -0.2) is 10.7 Å². The van der Waals surface area contributed by atoms with Crippen molar-refractivity contribution in [2.24, 2.45) is 11.6 Å². The molecule has 15 heavy (non-hydrogen) atoms. The number of rotatable bonds is 4.